The van der Waals surface area contributed by atoms with Gasteiger partial charge in [-0.2, -0.15) is 0 Å². The summed E-state index contributed by atoms with van der Waals surface area (Å²) in [5.41, 5.74) is 2.82. The van der Waals surface area contributed by atoms with Crippen LogP contribution in [0.3, 0.4) is 0 Å². The number of piperidine rings is 2. The molecule has 0 aromatic heterocycles. The Morgan fingerprint density at radius 3 is 2.15 bits per heavy atom. The Morgan fingerprint density at radius 1 is 0.852 bits per heavy atom. The Kier molecular flexibility index (Phi) is 8.43. The standard InChI is InChI=1S/C22H37N5/c1-23-22(24-12-17-26-13-6-2-7-14-26)25-18-20-10-4-5-11-21(20)19-27-15-8-3-9-16-27/h4-5,10-11H,2-3,6-9,12-19H2,1H3,(H2,23,24,25). The van der Waals surface area contributed by atoms with Crippen molar-refractivity contribution in [2.75, 3.05) is 46.3 Å². The molecule has 2 aliphatic rings. The second kappa shape index (κ2) is 11.3. The van der Waals surface area contributed by atoms with Gasteiger partial charge < -0.3 is 15.5 Å². The Labute approximate surface area is 165 Å². The second-order valence-corrected chi connectivity index (χ2v) is 7.86. The molecule has 0 amide bonds. The predicted molar refractivity (Wildman–Crippen MR) is 114 cm³/mol. The van der Waals surface area contributed by atoms with Gasteiger partial charge in [0.2, 0.25) is 0 Å². The molecule has 0 aliphatic carbocycles. The van der Waals surface area contributed by atoms with Crippen LogP contribution in [0.15, 0.2) is 29.3 Å². The first kappa shape index (κ1) is 20.2. The van der Waals surface area contributed by atoms with Crippen LogP contribution < -0.4 is 10.6 Å². The largest absolute Gasteiger partial charge is 0.355 e. The van der Waals surface area contributed by atoms with Crippen molar-refractivity contribution >= 4 is 5.96 Å². The summed E-state index contributed by atoms with van der Waals surface area (Å²) < 4.78 is 0. The SMILES string of the molecule is CN=C(NCCN1CCCCC1)NCc1ccccc1CN1CCCCC1. The summed E-state index contributed by atoms with van der Waals surface area (Å²) in [7, 11) is 1.86. The molecule has 0 saturated carbocycles. The molecule has 3 rings (SSSR count). The average molecular weight is 372 g/mol. The van der Waals surface area contributed by atoms with E-state index in [4.69, 9.17) is 0 Å². The summed E-state index contributed by atoms with van der Waals surface area (Å²) in [4.78, 5) is 9.54. The zero-order chi connectivity index (χ0) is 18.7. The van der Waals surface area contributed by atoms with Gasteiger partial charge in [-0.05, 0) is 63.0 Å². The molecule has 0 unspecified atom stereocenters. The number of hydrogen-bond donors (Lipinski definition) is 2. The van der Waals surface area contributed by atoms with Crippen molar-refractivity contribution in [2.45, 2.75) is 51.6 Å². The van der Waals surface area contributed by atoms with E-state index in [2.05, 4.69) is 49.7 Å². The molecule has 5 nitrogen and oxygen atoms in total. The van der Waals surface area contributed by atoms with Gasteiger partial charge in [0.25, 0.3) is 0 Å². The molecule has 2 N–H and O–H groups in total. The van der Waals surface area contributed by atoms with Gasteiger partial charge in [0, 0.05) is 33.2 Å². The fourth-order valence-corrected chi connectivity index (χ4v) is 4.16. The Balaban J connectivity index is 1.44. The van der Waals surface area contributed by atoms with Crippen LogP contribution in [0.2, 0.25) is 0 Å². The number of rotatable bonds is 7. The van der Waals surface area contributed by atoms with E-state index in [0.29, 0.717) is 0 Å². The monoisotopic (exact) mass is 371 g/mol. The van der Waals surface area contributed by atoms with Crippen molar-refractivity contribution in [3.05, 3.63) is 35.4 Å². The van der Waals surface area contributed by atoms with Gasteiger partial charge in [-0.25, -0.2) is 0 Å². The highest BCUT2D eigenvalue weighted by Crippen LogP contribution is 2.16. The quantitative estimate of drug-likeness (QED) is 0.571. The van der Waals surface area contributed by atoms with Gasteiger partial charge in [0.05, 0.1) is 0 Å². The van der Waals surface area contributed by atoms with Crippen LogP contribution in [-0.4, -0.2) is 62.1 Å². The maximum Gasteiger partial charge on any atom is 0.191 e. The van der Waals surface area contributed by atoms with Gasteiger partial charge in [-0.3, -0.25) is 9.89 Å². The molecule has 5 heteroatoms. The minimum absolute atomic E-state index is 0.827. The maximum absolute atomic E-state index is 4.40. The molecular weight excluding hydrogens is 334 g/mol. The highest BCUT2D eigenvalue weighted by molar-refractivity contribution is 5.79. The molecule has 0 spiro atoms. The fourth-order valence-electron chi connectivity index (χ4n) is 4.16. The molecule has 0 radical (unpaired) electrons. The number of nitrogens with zero attached hydrogens (tertiary/aromatic N) is 3. The number of nitrogens with one attached hydrogen (secondary N) is 2. The van der Waals surface area contributed by atoms with Gasteiger partial charge in [-0.1, -0.05) is 37.1 Å². The Morgan fingerprint density at radius 2 is 1.48 bits per heavy atom. The van der Waals surface area contributed by atoms with E-state index in [1.54, 1.807) is 0 Å². The summed E-state index contributed by atoms with van der Waals surface area (Å²) in [6, 6.07) is 8.82. The normalized spacial score (nSPS) is 19.8. The molecule has 0 bridgehead atoms. The molecule has 2 fully saturated rings. The third kappa shape index (κ3) is 6.82. The van der Waals surface area contributed by atoms with E-state index < -0.39 is 0 Å². The molecule has 150 valence electrons. The number of hydrogen-bond acceptors (Lipinski definition) is 3. The smallest absolute Gasteiger partial charge is 0.191 e. The minimum Gasteiger partial charge on any atom is -0.355 e. The zero-order valence-corrected chi connectivity index (χ0v) is 17.1. The van der Waals surface area contributed by atoms with Gasteiger partial charge in [0.15, 0.2) is 5.96 Å². The molecule has 1 aromatic rings. The van der Waals surface area contributed by atoms with E-state index in [0.717, 1.165) is 32.1 Å². The Hall–Kier alpha value is -1.59. The van der Waals surface area contributed by atoms with Gasteiger partial charge >= 0.3 is 0 Å². The first-order valence-corrected chi connectivity index (χ1v) is 10.8. The summed E-state index contributed by atoms with van der Waals surface area (Å²) in [6.07, 6.45) is 8.16. The molecule has 27 heavy (non-hydrogen) atoms. The van der Waals surface area contributed by atoms with Crippen LogP contribution in [0.5, 0.6) is 0 Å². The molecule has 2 heterocycles. The van der Waals surface area contributed by atoms with Crippen molar-refractivity contribution in [1.82, 2.24) is 20.4 Å². The number of guanidine groups is 1. The van der Waals surface area contributed by atoms with Crippen LogP contribution in [0.4, 0.5) is 0 Å². The van der Waals surface area contributed by atoms with Crippen molar-refractivity contribution in [3.8, 4) is 0 Å². The summed E-state index contributed by atoms with van der Waals surface area (Å²) in [5, 5.41) is 6.98. The molecule has 2 aliphatic heterocycles. The lowest BCUT2D eigenvalue weighted by Crippen LogP contribution is -2.42. The summed E-state index contributed by atoms with van der Waals surface area (Å²) in [5.74, 6) is 0.903. The predicted octanol–water partition coefficient (Wildman–Crippen LogP) is 2.82. The Bertz CT molecular complexity index is 574. The highest BCUT2D eigenvalue weighted by Gasteiger charge is 2.13. The lowest BCUT2D eigenvalue weighted by molar-refractivity contribution is 0.220. The molecule has 2 saturated heterocycles. The third-order valence-electron chi connectivity index (χ3n) is 5.80. The topological polar surface area (TPSA) is 42.9 Å². The first-order chi connectivity index (χ1) is 13.3. The fraction of sp³-hybridized carbons (Fsp3) is 0.682. The van der Waals surface area contributed by atoms with E-state index in [9.17, 15) is 0 Å². The van der Waals surface area contributed by atoms with Crippen LogP contribution in [0, 0.1) is 0 Å². The lowest BCUT2D eigenvalue weighted by atomic mass is 10.0. The number of aliphatic imine (C=N–C) groups is 1. The van der Waals surface area contributed by atoms with Crippen molar-refractivity contribution in [1.29, 1.82) is 0 Å². The van der Waals surface area contributed by atoms with Crippen molar-refractivity contribution < 1.29 is 0 Å². The molecule has 0 atom stereocenters. The van der Waals surface area contributed by atoms with Gasteiger partial charge in [0.1, 0.15) is 0 Å². The first-order valence-electron chi connectivity index (χ1n) is 10.8. The van der Waals surface area contributed by atoms with Crippen LogP contribution >= 0.6 is 0 Å². The molecular formula is C22H37N5. The van der Waals surface area contributed by atoms with Gasteiger partial charge in [-0.15, -0.1) is 0 Å². The maximum atomic E-state index is 4.40. The number of benzene rings is 1. The zero-order valence-electron chi connectivity index (χ0n) is 17.1. The summed E-state index contributed by atoms with van der Waals surface area (Å²) >= 11 is 0. The number of likely N-dealkylation sites (tertiary alicyclic amines) is 2. The van der Waals surface area contributed by atoms with Crippen molar-refractivity contribution in [2.24, 2.45) is 4.99 Å². The highest BCUT2D eigenvalue weighted by atomic mass is 15.2. The van der Waals surface area contributed by atoms with E-state index in [-0.39, 0.29) is 0 Å². The van der Waals surface area contributed by atoms with Crippen LogP contribution in [0.25, 0.3) is 0 Å². The average Bonchev–Trinajstić information content (AvgIpc) is 2.73. The second-order valence-electron chi connectivity index (χ2n) is 7.86. The summed E-state index contributed by atoms with van der Waals surface area (Å²) in [6.45, 7) is 8.92. The van der Waals surface area contributed by atoms with E-state index >= 15 is 0 Å². The lowest BCUT2D eigenvalue weighted by Gasteiger charge is -2.27. The van der Waals surface area contributed by atoms with E-state index in [1.807, 2.05) is 7.05 Å². The van der Waals surface area contributed by atoms with Crippen LogP contribution in [-0.2, 0) is 13.1 Å². The third-order valence-corrected chi connectivity index (χ3v) is 5.80. The van der Waals surface area contributed by atoms with Crippen LogP contribution in [0.1, 0.15) is 49.7 Å². The van der Waals surface area contributed by atoms with Crippen molar-refractivity contribution in [3.63, 3.8) is 0 Å². The van der Waals surface area contributed by atoms with E-state index in [1.165, 1.54) is 75.8 Å². The minimum atomic E-state index is 0.827. The molecule has 1 aromatic carbocycles.